The second-order valence-electron chi connectivity index (χ2n) is 2.11. The summed E-state index contributed by atoms with van der Waals surface area (Å²) in [6.45, 7) is -3.05. The highest BCUT2D eigenvalue weighted by Gasteiger charge is 2.15. The van der Waals surface area contributed by atoms with E-state index < -0.39 is 12.6 Å². The summed E-state index contributed by atoms with van der Waals surface area (Å²) in [5, 5.41) is 2.60. The van der Waals surface area contributed by atoms with Gasteiger partial charge in [-0.1, -0.05) is 6.08 Å². The average molecular weight is 175 g/mol. The van der Waals surface area contributed by atoms with Crippen LogP contribution in [0.4, 0.5) is 8.78 Å². The van der Waals surface area contributed by atoms with Gasteiger partial charge in [0.05, 0.1) is 5.57 Å². The minimum Gasteiger partial charge on any atom is -0.400 e. The van der Waals surface area contributed by atoms with Crippen LogP contribution in [0.3, 0.4) is 0 Å². The van der Waals surface area contributed by atoms with Crippen molar-refractivity contribution in [2.45, 2.75) is 13.0 Å². The van der Waals surface area contributed by atoms with Gasteiger partial charge in [0.25, 0.3) is 0 Å². The number of hydrogen-bond donors (Lipinski definition) is 1. The van der Waals surface area contributed by atoms with E-state index in [-0.39, 0.29) is 5.57 Å². The maximum absolute atomic E-state index is 11.5. The highest BCUT2D eigenvalue weighted by molar-refractivity contribution is 5.88. The van der Waals surface area contributed by atoms with E-state index in [4.69, 9.17) is 0 Å². The molecule has 0 aromatic rings. The van der Waals surface area contributed by atoms with Crippen LogP contribution in [0.1, 0.15) is 6.42 Å². The summed E-state index contributed by atoms with van der Waals surface area (Å²) in [7, 11) is 0. The van der Waals surface area contributed by atoms with E-state index >= 15 is 0 Å². The molecule has 0 spiro atoms. The van der Waals surface area contributed by atoms with Crippen LogP contribution in [0.15, 0.2) is 24.0 Å². The lowest BCUT2D eigenvalue weighted by atomic mass is 10.2. The fourth-order valence-electron chi connectivity index (χ4n) is 0.760. The summed E-state index contributed by atoms with van der Waals surface area (Å²) in [4.78, 5) is 10.8. The minimum atomic E-state index is -3.05. The number of rotatable bonds is 2. The number of carbonyl (C=O) groups is 1. The molecule has 1 aliphatic rings. The largest absolute Gasteiger partial charge is 0.400 e. The average Bonchev–Trinajstić information content (AvgIpc) is 2.05. The molecular formula is C7H7F2NO2. The molecule has 0 atom stereocenters. The van der Waals surface area contributed by atoms with Gasteiger partial charge in [-0.2, -0.15) is 8.78 Å². The summed E-state index contributed by atoms with van der Waals surface area (Å²) in [5.41, 5.74) is 0.192. The van der Waals surface area contributed by atoms with Crippen LogP contribution in [0.2, 0.25) is 0 Å². The van der Waals surface area contributed by atoms with Crippen molar-refractivity contribution >= 4 is 5.97 Å². The van der Waals surface area contributed by atoms with E-state index in [0.29, 0.717) is 6.42 Å². The Balaban J connectivity index is 2.47. The zero-order valence-corrected chi connectivity index (χ0v) is 6.09. The smallest absolute Gasteiger partial charge is 0.389 e. The standard InChI is InChI=1S/C7H7F2NO2/c8-7(9)12-6(11)5-2-1-3-10-4-5/h1,3-4,7,10H,2H2. The Labute approximate surface area is 67.7 Å². The molecule has 0 saturated heterocycles. The molecule has 66 valence electrons. The first-order valence-electron chi connectivity index (χ1n) is 3.29. The molecule has 0 radical (unpaired) electrons. The molecule has 1 heterocycles. The predicted octanol–water partition coefficient (Wildman–Crippen LogP) is 1.14. The molecule has 3 nitrogen and oxygen atoms in total. The topological polar surface area (TPSA) is 38.3 Å². The van der Waals surface area contributed by atoms with Crippen LogP contribution < -0.4 is 5.32 Å². The zero-order chi connectivity index (χ0) is 8.97. The summed E-state index contributed by atoms with van der Waals surface area (Å²) in [6.07, 6.45) is 4.91. The van der Waals surface area contributed by atoms with Gasteiger partial charge in [-0.15, -0.1) is 0 Å². The second-order valence-corrected chi connectivity index (χ2v) is 2.11. The fourth-order valence-corrected chi connectivity index (χ4v) is 0.760. The van der Waals surface area contributed by atoms with Crippen LogP contribution in [-0.4, -0.2) is 12.6 Å². The van der Waals surface area contributed by atoms with E-state index in [1.807, 2.05) is 0 Å². The van der Waals surface area contributed by atoms with Gasteiger partial charge in [0.1, 0.15) is 0 Å². The highest BCUT2D eigenvalue weighted by Crippen LogP contribution is 2.09. The van der Waals surface area contributed by atoms with E-state index in [0.717, 1.165) is 0 Å². The normalized spacial score (nSPS) is 15.4. The first-order chi connectivity index (χ1) is 5.70. The Kier molecular flexibility index (Phi) is 2.79. The van der Waals surface area contributed by atoms with Gasteiger partial charge in [0.2, 0.25) is 0 Å². The monoisotopic (exact) mass is 175 g/mol. The van der Waals surface area contributed by atoms with Crippen molar-refractivity contribution in [3.8, 4) is 0 Å². The number of allylic oxidation sites excluding steroid dienone is 1. The van der Waals surface area contributed by atoms with Crippen molar-refractivity contribution in [2.24, 2.45) is 0 Å². The lowest BCUT2D eigenvalue weighted by Crippen LogP contribution is -2.15. The van der Waals surface area contributed by atoms with Crippen molar-refractivity contribution in [3.05, 3.63) is 24.0 Å². The fraction of sp³-hybridized carbons (Fsp3) is 0.286. The molecule has 0 amide bonds. The molecule has 0 aliphatic carbocycles. The number of alkyl halides is 2. The number of hydrogen-bond acceptors (Lipinski definition) is 3. The van der Waals surface area contributed by atoms with Crippen LogP contribution in [0.25, 0.3) is 0 Å². The Morgan fingerprint density at radius 2 is 2.42 bits per heavy atom. The van der Waals surface area contributed by atoms with E-state index in [1.165, 1.54) is 6.20 Å². The molecule has 0 aromatic heterocycles. The van der Waals surface area contributed by atoms with E-state index in [2.05, 4.69) is 10.1 Å². The van der Waals surface area contributed by atoms with Gasteiger partial charge >= 0.3 is 12.6 Å². The van der Waals surface area contributed by atoms with Crippen LogP contribution in [-0.2, 0) is 9.53 Å². The first kappa shape index (κ1) is 8.70. The number of nitrogens with one attached hydrogen (secondary N) is 1. The molecule has 1 rings (SSSR count). The minimum absolute atomic E-state index is 0.192. The number of ether oxygens (including phenoxy) is 1. The van der Waals surface area contributed by atoms with Gasteiger partial charge in [0.15, 0.2) is 0 Å². The van der Waals surface area contributed by atoms with Gasteiger partial charge < -0.3 is 10.1 Å². The molecule has 5 heteroatoms. The Morgan fingerprint density at radius 1 is 1.67 bits per heavy atom. The highest BCUT2D eigenvalue weighted by atomic mass is 19.3. The molecule has 0 saturated carbocycles. The van der Waals surface area contributed by atoms with Gasteiger partial charge in [-0.25, -0.2) is 4.79 Å². The van der Waals surface area contributed by atoms with Crippen molar-refractivity contribution in [2.75, 3.05) is 0 Å². The van der Waals surface area contributed by atoms with Gasteiger partial charge in [-0.05, 0) is 6.20 Å². The quantitative estimate of drug-likeness (QED) is 0.639. The van der Waals surface area contributed by atoms with E-state index in [1.54, 1.807) is 12.3 Å². The maximum atomic E-state index is 11.5. The second kappa shape index (κ2) is 3.85. The van der Waals surface area contributed by atoms with Crippen molar-refractivity contribution in [1.82, 2.24) is 5.32 Å². The third-order valence-electron chi connectivity index (χ3n) is 1.27. The summed E-state index contributed by atoms with van der Waals surface area (Å²) in [5.74, 6) is -0.984. The Morgan fingerprint density at radius 3 is 2.92 bits per heavy atom. The molecule has 1 N–H and O–H groups in total. The number of esters is 1. The molecule has 0 aromatic carbocycles. The predicted molar refractivity (Wildman–Crippen MR) is 37.1 cm³/mol. The zero-order valence-electron chi connectivity index (χ0n) is 6.09. The van der Waals surface area contributed by atoms with E-state index in [9.17, 15) is 13.6 Å². The van der Waals surface area contributed by atoms with Gasteiger partial charge in [0, 0.05) is 12.6 Å². The lowest BCUT2D eigenvalue weighted by Gasteiger charge is -2.07. The number of dihydropyridines is 1. The molecule has 0 bridgehead atoms. The molecule has 0 unspecified atom stereocenters. The first-order valence-corrected chi connectivity index (χ1v) is 3.29. The Bertz CT molecular complexity index is 236. The summed E-state index contributed by atoms with van der Waals surface area (Å²) in [6, 6.07) is 0. The van der Waals surface area contributed by atoms with Crippen LogP contribution in [0.5, 0.6) is 0 Å². The Hall–Kier alpha value is -1.39. The third kappa shape index (κ3) is 2.34. The maximum Gasteiger partial charge on any atom is 0.389 e. The molecule has 12 heavy (non-hydrogen) atoms. The lowest BCUT2D eigenvalue weighted by molar-refractivity contribution is -0.171. The van der Waals surface area contributed by atoms with Crippen LogP contribution in [0, 0.1) is 0 Å². The van der Waals surface area contributed by atoms with Gasteiger partial charge in [-0.3, -0.25) is 0 Å². The molecular weight excluding hydrogens is 168 g/mol. The number of carbonyl (C=O) groups excluding carboxylic acids is 1. The summed E-state index contributed by atoms with van der Waals surface area (Å²) >= 11 is 0. The third-order valence-corrected chi connectivity index (χ3v) is 1.27. The van der Waals surface area contributed by atoms with Crippen molar-refractivity contribution < 1.29 is 18.3 Å². The van der Waals surface area contributed by atoms with Crippen molar-refractivity contribution in [1.29, 1.82) is 0 Å². The van der Waals surface area contributed by atoms with Crippen LogP contribution >= 0.6 is 0 Å². The molecule has 0 fully saturated rings. The number of halogens is 2. The van der Waals surface area contributed by atoms with Crippen molar-refractivity contribution in [3.63, 3.8) is 0 Å². The molecule has 1 aliphatic heterocycles. The SMILES string of the molecule is O=C(OC(F)F)C1=CNC=CC1. The summed E-state index contributed by atoms with van der Waals surface area (Å²) < 4.78 is 26.7.